The van der Waals surface area contributed by atoms with Gasteiger partial charge in [-0.1, -0.05) is 0 Å². The minimum absolute atomic E-state index is 0.0479. The second-order valence-electron chi connectivity index (χ2n) is 5.54. The molecule has 0 atom stereocenters. The number of hydrogen-bond acceptors (Lipinski definition) is 2. The first-order valence-electron chi connectivity index (χ1n) is 6.31. The van der Waals surface area contributed by atoms with E-state index in [1.807, 2.05) is 18.5 Å². The molecule has 0 unspecified atom stereocenters. The molecule has 0 aromatic carbocycles. The van der Waals surface area contributed by atoms with Gasteiger partial charge in [-0.3, -0.25) is 9.98 Å². The van der Waals surface area contributed by atoms with Crippen molar-refractivity contribution in [2.24, 2.45) is 4.99 Å². The Balaban J connectivity index is 2.34. The van der Waals surface area contributed by atoms with E-state index < -0.39 is 0 Å². The molecule has 92 valence electrons. The smallest absolute Gasteiger partial charge is 0.132 e. The standard InChI is InChI=1S/C14H21N3/c1-14(2,3)16-13(17-9-4-5-10-17)12-7-6-8-15-11-12/h6-8,11H,4-5,9-10H2,1-3H3. The third kappa shape index (κ3) is 3.29. The number of aliphatic imine (C=N–C) groups is 1. The lowest BCUT2D eigenvalue weighted by Crippen LogP contribution is -2.31. The van der Waals surface area contributed by atoms with Crippen LogP contribution in [-0.4, -0.2) is 34.3 Å². The van der Waals surface area contributed by atoms with E-state index in [0.717, 1.165) is 24.5 Å². The average Bonchev–Trinajstić information content (AvgIpc) is 2.79. The predicted molar refractivity (Wildman–Crippen MR) is 71.3 cm³/mol. The zero-order valence-corrected chi connectivity index (χ0v) is 11.0. The molecule has 0 aliphatic carbocycles. The lowest BCUT2D eigenvalue weighted by molar-refractivity contribution is 0.495. The molecule has 0 radical (unpaired) electrons. The average molecular weight is 231 g/mol. The summed E-state index contributed by atoms with van der Waals surface area (Å²) in [4.78, 5) is 11.4. The Kier molecular flexibility index (Phi) is 3.46. The molecule has 1 fully saturated rings. The van der Waals surface area contributed by atoms with Gasteiger partial charge in [-0.05, 0) is 45.7 Å². The fourth-order valence-electron chi connectivity index (χ4n) is 2.06. The maximum Gasteiger partial charge on any atom is 0.132 e. The number of aromatic nitrogens is 1. The molecule has 0 bridgehead atoms. The Morgan fingerprint density at radius 3 is 2.53 bits per heavy atom. The molecule has 0 spiro atoms. The van der Waals surface area contributed by atoms with E-state index >= 15 is 0 Å². The number of amidine groups is 1. The van der Waals surface area contributed by atoms with E-state index in [-0.39, 0.29) is 5.54 Å². The molecule has 2 heterocycles. The van der Waals surface area contributed by atoms with E-state index in [4.69, 9.17) is 4.99 Å². The van der Waals surface area contributed by atoms with E-state index in [1.165, 1.54) is 12.8 Å². The van der Waals surface area contributed by atoms with Gasteiger partial charge in [-0.25, -0.2) is 0 Å². The highest BCUT2D eigenvalue weighted by molar-refractivity contribution is 5.98. The lowest BCUT2D eigenvalue weighted by atomic mass is 10.1. The van der Waals surface area contributed by atoms with Gasteiger partial charge in [0.05, 0.1) is 5.54 Å². The van der Waals surface area contributed by atoms with Crippen LogP contribution in [0, 0.1) is 0 Å². The second kappa shape index (κ2) is 4.86. The summed E-state index contributed by atoms with van der Waals surface area (Å²) in [6.07, 6.45) is 6.25. The summed E-state index contributed by atoms with van der Waals surface area (Å²) in [5.74, 6) is 1.10. The van der Waals surface area contributed by atoms with Crippen molar-refractivity contribution in [1.29, 1.82) is 0 Å². The maximum absolute atomic E-state index is 4.86. The molecule has 1 aromatic rings. The van der Waals surface area contributed by atoms with Crippen LogP contribution in [0.15, 0.2) is 29.5 Å². The molecule has 0 amide bonds. The zero-order valence-electron chi connectivity index (χ0n) is 11.0. The lowest BCUT2D eigenvalue weighted by Gasteiger charge is -2.24. The minimum atomic E-state index is -0.0479. The van der Waals surface area contributed by atoms with E-state index in [1.54, 1.807) is 0 Å². The fraction of sp³-hybridized carbons (Fsp3) is 0.571. The van der Waals surface area contributed by atoms with Crippen molar-refractivity contribution in [3.63, 3.8) is 0 Å². The number of hydrogen-bond donors (Lipinski definition) is 0. The number of rotatable bonds is 1. The van der Waals surface area contributed by atoms with Gasteiger partial charge in [0.25, 0.3) is 0 Å². The zero-order chi connectivity index (χ0) is 12.3. The van der Waals surface area contributed by atoms with Gasteiger partial charge in [-0.2, -0.15) is 0 Å². The van der Waals surface area contributed by atoms with Gasteiger partial charge in [0.15, 0.2) is 0 Å². The monoisotopic (exact) mass is 231 g/mol. The van der Waals surface area contributed by atoms with Crippen molar-refractivity contribution < 1.29 is 0 Å². The van der Waals surface area contributed by atoms with Crippen LogP contribution in [0.4, 0.5) is 0 Å². The molecule has 1 saturated heterocycles. The third-order valence-corrected chi connectivity index (χ3v) is 2.77. The van der Waals surface area contributed by atoms with Crippen LogP contribution in [0.3, 0.4) is 0 Å². The van der Waals surface area contributed by atoms with Crippen molar-refractivity contribution >= 4 is 5.84 Å². The van der Waals surface area contributed by atoms with Gasteiger partial charge < -0.3 is 4.90 Å². The summed E-state index contributed by atoms with van der Waals surface area (Å²) in [5, 5.41) is 0. The Hall–Kier alpha value is -1.38. The van der Waals surface area contributed by atoms with Crippen LogP contribution in [0.25, 0.3) is 0 Å². The molecular formula is C14H21N3. The normalized spacial score (nSPS) is 17.6. The molecule has 3 nitrogen and oxygen atoms in total. The van der Waals surface area contributed by atoms with Crippen LogP contribution in [0.5, 0.6) is 0 Å². The third-order valence-electron chi connectivity index (χ3n) is 2.77. The highest BCUT2D eigenvalue weighted by Crippen LogP contribution is 2.17. The summed E-state index contributed by atoms with van der Waals surface area (Å²) in [7, 11) is 0. The van der Waals surface area contributed by atoms with Gasteiger partial charge in [0.1, 0.15) is 5.84 Å². The SMILES string of the molecule is CC(C)(C)N=C(c1cccnc1)N1CCCC1. The van der Waals surface area contributed by atoms with E-state index in [2.05, 4.69) is 36.7 Å². The molecule has 3 heteroatoms. The molecular weight excluding hydrogens is 210 g/mol. The summed E-state index contributed by atoms with van der Waals surface area (Å²) in [6.45, 7) is 8.64. The van der Waals surface area contributed by atoms with Gasteiger partial charge in [0, 0.05) is 31.0 Å². The summed E-state index contributed by atoms with van der Waals surface area (Å²) >= 11 is 0. The van der Waals surface area contributed by atoms with Crippen LogP contribution < -0.4 is 0 Å². The van der Waals surface area contributed by atoms with E-state index in [0.29, 0.717) is 0 Å². The Morgan fingerprint density at radius 1 is 1.29 bits per heavy atom. The maximum atomic E-state index is 4.86. The Bertz CT molecular complexity index is 384. The first-order valence-corrected chi connectivity index (χ1v) is 6.31. The van der Waals surface area contributed by atoms with Gasteiger partial charge >= 0.3 is 0 Å². The first-order chi connectivity index (χ1) is 8.06. The quantitative estimate of drug-likeness (QED) is 0.549. The minimum Gasteiger partial charge on any atom is -0.356 e. The highest BCUT2D eigenvalue weighted by atomic mass is 15.2. The van der Waals surface area contributed by atoms with Gasteiger partial charge in [-0.15, -0.1) is 0 Å². The molecule has 1 aliphatic rings. The fourth-order valence-corrected chi connectivity index (χ4v) is 2.06. The largest absolute Gasteiger partial charge is 0.356 e. The van der Waals surface area contributed by atoms with Crippen LogP contribution >= 0.6 is 0 Å². The van der Waals surface area contributed by atoms with Crippen molar-refractivity contribution in [2.75, 3.05) is 13.1 Å². The van der Waals surface area contributed by atoms with Crippen molar-refractivity contribution in [2.45, 2.75) is 39.2 Å². The molecule has 2 rings (SSSR count). The van der Waals surface area contributed by atoms with Gasteiger partial charge in [0.2, 0.25) is 0 Å². The molecule has 0 N–H and O–H groups in total. The van der Waals surface area contributed by atoms with Crippen molar-refractivity contribution in [3.05, 3.63) is 30.1 Å². The molecule has 1 aliphatic heterocycles. The Labute approximate surface area is 104 Å². The van der Waals surface area contributed by atoms with Crippen molar-refractivity contribution in [1.82, 2.24) is 9.88 Å². The second-order valence-corrected chi connectivity index (χ2v) is 5.54. The summed E-state index contributed by atoms with van der Waals surface area (Å²) < 4.78 is 0. The van der Waals surface area contributed by atoms with Crippen molar-refractivity contribution in [3.8, 4) is 0 Å². The number of likely N-dealkylation sites (tertiary alicyclic amines) is 1. The predicted octanol–water partition coefficient (Wildman–Crippen LogP) is 2.72. The first kappa shape index (κ1) is 12.1. The molecule has 1 aromatic heterocycles. The summed E-state index contributed by atoms with van der Waals surface area (Å²) in [6, 6.07) is 4.07. The number of nitrogens with zero attached hydrogens (tertiary/aromatic N) is 3. The van der Waals surface area contributed by atoms with Crippen LogP contribution in [0.2, 0.25) is 0 Å². The summed E-state index contributed by atoms with van der Waals surface area (Å²) in [5.41, 5.74) is 1.08. The highest BCUT2D eigenvalue weighted by Gasteiger charge is 2.20. The van der Waals surface area contributed by atoms with E-state index in [9.17, 15) is 0 Å². The molecule has 0 saturated carbocycles. The van der Waals surface area contributed by atoms with Crippen LogP contribution in [-0.2, 0) is 0 Å². The number of pyridine rings is 1. The topological polar surface area (TPSA) is 28.5 Å². The Morgan fingerprint density at radius 2 is 2.00 bits per heavy atom. The molecule has 17 heavy (non-hydrogen) atoms. The van der Waals surface area contributed by atoms with Crippen LogP contribution in [0.1, 0.15) is 39.2 Å².